The van der Waals surface area contributed by atoms with Gasteiger partial charge in [0, 0.05) is 37.1 Å². The molecular weight excluding hydrogens is 1710 g/mol. The fourth-order valence-corrected chi connectivity index (χ4v) is 14.5. The van der Waals surface area contributed by atoms with Crippen LogP contribution in [0.15, 0.2) is 218 Å². The van der Waals surface area contributed by atoms with Crippen LogP contribution in [-0.4, -0.2) is 61.1 Å². The van der Waals surface area contributed by atoms with Crippen LogP contribution in [0.4, 0.5) is 17.6 Å². The Bertz CT molecular complexity index is 4980. The minimum absolute atomic E-state index is 0.0368. The van der Waals surface area contributed by atoms with Gasteiger partial charge in [-0.2, -0.15) is 0 Å². The molecule has 0 saturated carbocycles. The van der Waals surface area contributed by atoms with Crippen LogP contribution in [0.2, 0.25) is 0 Å². The van der Waals surface area contributed by atoms with Gasteiger partial charge in [-0.05, 0) is 232 Å². The van der Waals surface area contributed by atoms with Crippen molar-refractivity contribution in [3.05, 3.63) is 286 Å². The second-order valence-corrected chi connectivity index (χ2v) is 33.9. The Morgan fingerprint density at radius 2 is 0.526 bits per heavy atom. The molecule has 0 aromatic heterocycles. The molecule has 135 heavy (non-hydrogen) atoms. The van der Waals surface area contributed by atoms with Gasteiger partial charge in [0.05, 0.1) is 47.1 Å². The van der Waals surface area contributed by atoms with E-state index in [0.717, 1.165) is 124 Å². The summed E-state index contributed by atoms with van der Waals surface area (Å²) in [6, 6.07) is 59.4. The van der Waals surface area contributed by atoms with Crippen LogP contribution in [0.1, 0.15) is 342 Å². The van der Waals surface area contributed by atoms with Crippen LogP contribution in [0.25, 0.3) is 22.3 Å². The molecule has 0 aliphatic carbocycles. The van der Waals surface area contributed by atoms with Crippen molar-refractivity contribution >= 4 is 41.8 Å². The minimum Gasteiger partial charge on any atom is -0.494 e. The first-order chi connectivity index (χ1) is 65.5. The lowest BCUT2D eigenvalue weighted by atomic mass is 10.0. The van der Waals surface area contributed by atoms with Gasteiger partial charge in [0.25, 0.3) is 0 Å². The number of halogens is 4. The smallest absolute Gasteiger partial charge is 0.343 e. The van der Waals surface area contributed by atoms with Gasteiger partial charge in [-0.3, -0.25) is 9.59 Å². The third-order valence-electron chi connectivity index (χ3n) is 22.7. The first kappa shape index (κ1) is 110. The fraction of sp³-hybridized carbons (Fsp3) is 0.417. The number of esters is 7. The molecule has 0 aliphatic heterocycles. The van der Waals surface area contributed by atoms with Gasteiger partial charge < -0.3 is 42.6 Å². The zero-order valence-corrected chi connectivity index (χ0v) is 80.8. The zero-order valence-electron chi connectivity index (χ0n) is 80.8. The third kappa shape index (κ3) is 42.5. The summed E-state index contributed by atoms with van der Waals surface area (Å²) in [6.07, 6.45) is 38.9. The summed E-state index contributed by atoms with van der Waals surface area (Å²) < 4.78 is 105. The maximum atomic E-state index is 14.5. The van der Waals surface area contributed by atoms with Crippen molar-refractivity contribution in [2.24, 2.45) is 0 Å². The number of ether oxygens (including phenoxy) is 9. The fourth-order valence-electron chi connectivity index (χ4n) is 14.5. The minimum atomic E-state index is -0.829. The van der Waals surface area contributed by atoms with Crippen LogP contribution in [-0.2, 0) is 27.2 Å². The normalized spacial score (nSPS) is 11.0. The number of carbonyl (C=O) groups excluding carboxylic acids is 7. The molecule has 10 aromatic rings. The molecule has 0 aliphatic rings. The van der Waals surface area contributed by atoms with E-state index in [4.69, 9.17) is 42.6 Å². The number of hydrogen-bond acceptors (Lipinski definition) is 16. The maximum Gasteiger partial charge on any atom is 0.343 e. The van der Waals surface area contributed by atoms with Crippen molar-refractivity contribution in [2.45, 2.75) is 300 Å². The third-order valence-corrected chi connectivity index (χ3v) is 22.7. The highest BCUT2D eigenvalue weighted by Crippen LogP contribution is 2.30. The quantitative estimate of drug-likeness (QED) is 0.0151. The van der Waals surface area contributed by atoms with Crippen LogP contribution >= 0.6 is 0 Å². The topological polar surface area (TPSA) is 203 Å². The SMILES string of the molecule is CCCCCCCCCC(=O)Oc1ccc(C(=O)Oc2ccc(C(=O)OC(C)CCCCC)c(F)c2)cc1.CCCCCCCCCC(=O)Oc1ccc(C(=O)Oc2ccc(C)c(F)c2)cc1.CCCCCCCCCOc1ccc(-c2ccc(C(=O)Oc3ccc(CC)c(F)c3)cc2)cc1.CCCCCCCCCOc1ccc(-c2ccc(C(=O)Oc3ccc(CC)c(F)c3)cc2)cc1. The van der Waals surface area contributed by atoms with Crippen LogP contribution < -0.4 is 37.9 Å². The summed E-state index contributed by atoms with van der Waals surface area (Å²) in [7, 11) is 0. The molecule has 0 N–H and O–H groups in total. The number of carbonyl (C=O) groups is 7. The van der Waals surface area contributed by atoms with E-state index in [9.17, 15) is 51.1 Å². The Hall–Kier alpha value is -12.2. The van der Waals surface area contributed by atoms with Crippen LogP contribution in [0.5, 0.6) is 46.0 Å². The molecular formula is C115H140F4O16. The number of benzene rings is 10. The Morgan fingerprint density at radius 1 is 0.259 bits per heavy atom. The van der Waals surface area contributed by atoms with Gasteiger partial charge >= 0.3 is 41.8 Å². The van der Waals surface area contributed by atoms with E-state index in [-0.39, 0.29) is 69.4 Å². The lowest BCUT2D eigenvalue weighted by Gasteiger charge is -2.13. The average molecular weight is 1850 g/mol. The summed E-state index contributed by atoms with van der Waals surface area (Å²) >= 11 is 0. The van der Waals surface area contributed by atoms with Crippen molar-refractivity contribution in [3.8, 4) is 68.2 Å². The molecule has 0 amide bonds. The molecule has 1 atom stereocenters. The van der Waals surface area contributed by atoms with Gasteiger partial charge in [0.2, 0.25) is 0 Å². The standard InChI is InChI=1S/C31H41FO6.2C30H35FO3.C24H29FO4/c1-4-6-8-9-10-11-13-15-29(33)37-25-18-16-24(17-19-25)30(34)38-26-20-21-27(28(32)22-26)31(35)36-23(3)14-12-7-5-2;2*1-3-5-6-7-8-9-10-21-33-27-18-16-25(17-19-27)24-11-13-26(14-12-24)30(32)34-28-20-15-23(4-2)29(31)22-28;1-3-4-5-6-7-8-9-10-23(26)28-20-15-12-19(13-16-20)24(27)29-21-14-11-18(2)22(25)17-21/h16-23H,4-15H2,1-3H3;2*11-20,22H,3-10,21H2,1-2H3;11-17H,3-10H2,1-2H3. The molecule has 1 unspecified atom stereocenters. The molecule has 0 fully saturated rings. The van der Waals surface area contributed by atoms with Crippen molar-refractivity contribution in [1.29, 1.82) is 0 Å². The lowest BCUT2D eigenvalue weighted by molar-refractivity contribution is -0.135. The molecule has 0 bridgehead atoms. The van der Waals surface area contributed by atoms with E-state index < -0.39 is 41.5 Å². The first-order valence-electron chi connectivity index (χ1n) is 49.0. The molecule has 0 saturated heterocycles. The van der Waals surface area contributed by atoms with Gasteiger partial charge in [-0.25, -0.2) is 41.5 Å². The summed E-state index contributed by atoms with van der Waals surface area (Å²) in [5.74, 6) is -2.66. The molecule has 0 spiro atoms. The highest BCUT2D eigenvalue weighted by Gasteiger charge is 2.21. The predicted molar refractivity (Wildman–Crippen MR) is 528 cm³/mol. The van der Waals surface area contributed by atoms with E-state index in [1.807, 2.05) is 86.6 Å². The van der Waals surface area contributed by atoms with Crippen molar-refractivity contribution < 1.29 is 93.8 Å². The van der Waals surface area contributed by atoms with E-state index in [0.29, 0.717) is 71.4 Å². The highest BCUT2D eigenvalue weighted by atomic mass is 19.1. The Kier molecular flexibility index (Phi) is 52.0. The highest BCUT2D eigenvalue weighted by molar-refractivity contribution is 5.94. The van der Waals surface area contributed by atoms with E-state index in [1.165, 1.54) is 201 Å². The van der Waals surface area contributed by atoms with Gasteiger partial charge in [-0.15, -0.1) is 0 Å². The first-order valence-corrected chi connectivity index (χ1v) is 49.0. The second kappa shape index (κ2) is 63.9. The van der Waals surface area contributed by atoms with Crippen LogP contribution in [0.3, 0.4) is 0 Å². The Morgan fingerprint density at radius 3 is 0.844 bits per heavy atom. The zero-order chi connectivity index (χ0) is 97.2. The maximum absolute atomic E-state index is 14.5. The number of aryl methyl sites for hydroxylation is 3. The van der Waals surface area contributed by atoms with E-state index in [2.05, 4.69) is 34.6 Å². The second-order valence-electron chi connectivity index (χ2n) is 33.9. The molecule has 10 rings (SSSR count). The van der Waals surface area contributed by atoms with Gasteiger partial charge in [0.1, 0.15) is 69.3 Å². The van der Waals surface area contributed by atoms with Crippen molar-refractivity contribution in [2.75, 3.05) is 13.2 Å². The molecule has 724 valence electrons. The number of rotatable bonds is 54. The number of unbranched alkanes of at least 4 members (excludes halogenated alkanes) is 26. The predicted octanol–water partition coefficient (Wildman–Crippen LogP) is 31.4. The molecule has 10 aromatic carbocycles. The monoisotopic (exact) mass is 1850 g/mol. The Balaban J connectivity index is 0.000000246. The molecule has 0 radical (unpaired) electrons. The largest absolute Gasteiger partial charge is 0.494 e. The van der Waals surface area contributed by atoms with Crippen molar-refractivity contribution in [3.63, 3.8) is 0 Å². The molecule has 0 heterocycles. The number of hydrogen-bond donors (Lipinski definition) is 0. The summed E-state index contributed by atoms with van der Waals surface area (Å²) in [5, 5.41) is 0. The van der Waals surface area contributed by atoms with Crippen LogP contribution in [0, 0.1) is 30.2 Å². The lowest BCUT2D eigenvalue weighted by Crippen LogP contribution is -2.16. The Labute approximate surface area is 798 Å². The van der Waals surface area contributed by atoms with Crippen molar-refractivity contribution in [1.82, 2.24) is 0 Å². The molecule has 20 heteroatoms. The van der Waals surface area contributed by atoms with E-state index >= 15 is 0 Å². The summed E-state index contributed by atoms with van der Waals surface area (Å²) in [4.78, 5) is 85.7. The summed E-state index contributed by atoms with van der Waals surface area (Å²) in [5.41, 5.74) is 6.86. The van der Waals surface area contributed by atoms with Gasteiger partial charge in [-0.1, -0.05) is 282 Å². The van der Waals surface area contributed by atoms with E-state index in [1.54, 1.807) is 80.6 Å². The summed E-state index contributed by atoms with van der Waals surface area (Å²) in [6.45, 7) is 19.6. The average Bonchev–Trinajstić information content (AvgIpc) is 0.838. The van der Waals surface area contributed by atoms with Gasteiger partial charge in [0.15, 0.2) is 0 Å². The molecule has 16 nitrogen and oxygen atoms in total.